The number of anilines is 3. The molecule has 38 heavy (non-hydrogen) atoms. The maximum Gasteiger partial charge on any atom is 0.244 e. The predicted molar refractivity (Wildman–Crippen MR) is 147 cm³/mol. The molecule has 0 fully saturated rings. The van der Waals surface area contributed by atoms with Gasteiger partial charge in [0.05, 0.1) is 30.0 Å². The van der Waals surface area contributed by atoms with Gasteiger partial charge in [-0.05, 0) is 66.1 Å². The van der Waals surface area contributed by atoms with E-state index < -0.39 is 5.82 Å². The van der Waals surface area contributed by atoms with E-state index in [2.05, 4.69) is 35.8 Å². The molecule has 0 bridgehead atoms. The van der Waals surface area contributed by atoms with E-state index in [1.54, 1.807) is 36.7 Å². The van der Waals surface area contributed by atoms with Crippen molar-refractivity contribution in [2.45, 2.75) is 13.3 Å². The quantitative estimate of drug-likeness (QED) is 0.170. The third-order valence-corrected chi connectivity index (χ3v) is 5.70. The molecular formula is C29H24FN7O. The summed E-state index contributed by atoms with van der Waals surface area (Å²) in [6.45, 7) is 1.98. The Morgan fingerprint density at radius 1 is 0.868 bits per heavy atom. The van der Waals surface area contributed by atoms with Crippen molar-refractivity contribution in [2.75, 3.05) is 10.7 Å². The second-order valence-electron chi connectivity index (χ2n) is 8.37. The number of benzene rings is 2. The van der Waals surface area contributed by atoms with Gasteiger partial charge in [-0.3, -0.25) is 9.97 Å². The summed E-state index contributed by atoms with van der Waals surface area (Å²) < 4.78 is 14.3. The first-order valence-corrected chi connectivity index (χ1v) is 12.0. The lowest BCUT2D eigenvalue weighted by Crippen LogP contribution is -2.01. The number of pyridine rings is 2. The molecule has 0 atom stereocenters. The summed E-state index contributed by atoms with van der Waals surface area (Å²) in [7, 11) is 0. The molecule has 0 radical (unpaired) electrons. The van der Waals surface area contributed by atoms with E-state index >= 15 is 0 Å². The van der Waals surface area contributed by atoms with Crippen LogP contribution in [-0.4, -0.2) is 31.3 Å². The Bertz CT molecular complexity index is 1570. The van der Waals surface area contributed by atoms with Crippen LogP contribution in [0.1, 0.15) is 18.3 Å². The molecular weight excluding hydrogens is 481 g/mol. The van der Waals surface area contributed by atoms with Crippen LogP contribution in [0, 0.1) is 5.82 Å². The molecule has 0 spiro atoms. The van der Waals surface area contributed by atoms with Gasteiger partial charge in [0.25, 0.3) is 0 Å². The Morgan fingerprint density at radius 3 is 2.47 bits per heavy atom. The number of hydrogen-bond donors (Lipinski definition) is 3. The van der Waals surface area contributed by atoms with Crippen molar-refractivity contribution in [1.29, 1.82) is 0 Å². The molecule has 0 saturated carbocycles. The van der Waals surface area contributed by atoms with E-state index in [1.165, 1.54) is 6.21 Å². The monoisotopic (exact) mass is 505 g/mol. The third kappa shape index (κ3) is 5.96. The SMILES string of the molecule is CCc1cc(-c2nc(N/N=C/c3ccc(Nc4ccc(-c5cccc(O)c5)cc4)cn3)ncc2F)ccn1. The molecule has 0 aliphatic carbocycles. The van der Waals surface area contributed by atoms with E-state index in [4.69, 9.17) is 0 Å². The first kappa shape index (κ1) is 24.5. The lowest BCUT2D eigenvalue weighted by molar-refractivity contribution is 0.475. The van der Waals surface area contributed by atoms with Gasteiger partial charge in [0.15, 0.2) is 5.82 Å². The summed E-state index contributed by atoms with van der Waals surface area (Å²) in [5.74, 6) is -0.119. The number of aryl methyl sites for hydroxylation is 1. The van der Waals surface area contributed by atoms with Crippen LogP contribution < -0.4 is 10.7 Å². The van der Waals surface area contributed by atoms with Crippen LogP contribution in [-0.2, 0) is 6.42 Å². The van der Waals surface area contributed by atoms with E-state index in [9.17, 15) is 9.50 Å². The van der Waals surface area contributed by atoms with Gasteiger partial charge in [0, 0.05) is 23.1 Å². The fourth-order valence-electron chi connectivity index (χ4n) is 3.75. The molecule has 9 heteroatoms. The van der Waals surface area contributed by atoms with Crippen LogP contribution in [0.5, 0.6) is 5.75 Å². The minimum Gasteiger partial charge on any atom is -0.508 e. The van der Waals surface area contributed by atoms with Gasteiger partial charge < -0.3 is 10.4 Å². The van der Waals surface area contributed by atoms with Crippen LogP contribution >= 0.6 is 0 Å². The molecule has 0 aliphatic rings. The molecule has 0 amide bonds. The third-order valence-electron chi connectivity index (χ3n) is 5.70. The molecule has 0 unspecified atom stereocenters. The van der Waals surface area contributed by atoms with Gasteiger partial charge in [-0.25, -0.2) is 19.8 Å². The highest BCUT2D eigenvalue weighted by molar-refractivity contribution is 5.78. The van der Waals surface area contributed by atoms with Crippen LogP contribution in [0.4, 0.5) is 21.7 Å². The van der Waals surface area contributed by atoms with Crippen molar-refractivity contribution < 1.29 is 9.50 Å². The van der Waals surface area contributed by atoms with E-state index in [1.807, 2.05) is 55.5 Å². The predicted octanol–water partition coefficient (Wildman–Crippen LogP) is 6.20. The Hall–Kier alpha value is -5.18. The Kier molecular flexibility index (Phi) is 7.26. The van der Waals surface area contributed by atoms with E-state index in [0.29, 0.717) is 11.3 Å². The highest BCUT2D eigenvalue weighted by atomic mass is 19.1. The summed E-state index contributed by atoms with van der Waals surface area (Å²) in [5, 5.41) is 17.1. The summed E-state index contributed by atoms with van der Waals surface area (Å²) in [5.41, 5.74) is 8.68. The standard InChI is InChI=1S/C29H24FN7O/c1-2-22-14-21(12-13-31-22)28-27(30)18-33-29(36-28)37-34-17-24-10-11-25(16-32-24)35-23-8-6-19(7-9-23)20-4-3-5-26(38)15-20/h3-18,35,38H,2H2,1H3,(H,33,36,37)/b34-17+. The summed E-state index contributed by atoms with van der Waals surface area (Å²) in [6, 6.07) is 22.3. The molecule has 8 nitrogen and oxygen atoms in total. The average molecular weight is 506 g/mol. The fraction of sp³-hybridized carbons (Fsp3) is 0.0690. The van der Waals surface area contributed by atoms with Crippen molar-refractivity contribution in [3.8, 4) is 28.1 Å². The van der Waals surface area contributed by atoms with E-state index in [0.717, 1.165) is 40.8 Å². The molecule has 5 aromatic rings. The van der Waals surface area contributed by atoms with Gasteiger partial charge in [-0.2, -0.15) is 5.10 Å². The van der Waals surface area contributed by atoms with E-state index in [-0.39, 0.29) is 17.4 Å². The Morgan fingerprint density at radius 2 is 1.71 bits per heavy atom. The molecule has 0 saturated heterocycles. The molecule has 3 N–H and O–H groups in total. The maximum atomic E-state index is 14.3. The highest BCUT2D eigenvalue weighted by Crippen LogP contribution is 2.26. The zero-order valence-corrected chi connectivity index (χ0v) is 20.5. The largest absolute Gasteiger partial charge is 0.508 e. The lowest BCUT2D eigenvalue weighted by Gasteiger charge is -2.08. The van der Waals surface area contributed by atoms with Crippen LogP contribution in [0.2, 0.25) is 0 Å². The molecule has 5 rings (SSSR count). The van der Waals surface area contributed by atoms with Gasteiger partial charge in [-0.1, -0.05) is 31.2 Å². The fourth-order valence-corrected chi connectivity index (χ4v) is 3.75. The zero-order valence-electron chi connectivity index (χ0n) is 20.5. The van der Waals surface area contributed by atoms with Crippen LogP contribution in [0.25, 0.3) is 22.4 Å². The molecule has 188 valence electrons. The van der Waals surface area contributed by atoms with Crippen molar-refractivity contribution in [3.05, 3.63) is 109 Å². The van der Waals surface area contributed by atoms with Crippen molar-refractivity contribution >= 4 is 23.5 Å². The maximum absolute atomic E-state index is 14.3. The number of nitrogens with zero attached hydrogens (tertiary/aromatic N) is 5. The van der Waals surface area contributed by atoms with Gasteiger partial charge in [0.2, 0.25) is 5.95 Å². The summed E-state index contributed by atoms with van der Waals surface area (Å²) >= 11 is 0. The number of nitrogens with one attached hydrogen (secondary N) is 2. The Labute approximate surface area is 219 Å². The number of phenols is 1. The number of phenolic OH excluding ortho intramolecular Hbond substituents is 1. The Balaban J connectivity index is 1.21. The number of hydrazone groups is 1. The first-order chi connectivity index (χ1) is 18.6. The van der Waals surface area contributed by atoms with Crippen molar-refractivity contribution in [2.24, 2.45) is 5.10 Å². The molecule has 3 heterocycles. The second kappa shape index (κ2) is 11.3. The van der Waals surface area contributed by atoms with Gasteiger partial charge in [-0.15, -0.1) is 0 Å². The van der Waals surface area contributed by atoms with Crippen LogP contribution in [0.15, 0.2) is 96.5 Å². The summed E-state index contributed by atoms with van der Waals surface area (Å²) in [6.07, 6.45) is 6.72. The zero-order chi connectivity index (χ0) is 26.3. The van der Waals surface area contributed by atoms with Crippen molar-refractivity contribution in [3.63, 3.8) is 0 Å². The van der Waals surface area contributed by atoms with Gasteiger partial charge in [0.1, 0.15) is 11.4 Å². The number of aromatic nitrogens is 4. The summed E-state index contributed by atoms with van der Waals surface area (Å²) in [4.78, 5) is 16.9. The van der Waals surface area contributed by atoms with Crippen molar-refractivity contribution in [1.82, 2.24) is 19.9 Å². The highest BCUT2D eigenvalue weighted by Gasteiger charge is 2.10. The average Bonchev–Trinajstić information content (AvgIpc) is 2.95. The lowest BCUT2D eigenvalue weighted by atomic mass is 10.1. The minimum absolute atomic E-state index is 0.167. The number of halogens is 1. The number of aromatic hydroxyl groups is 1. The van der Waals surface area contributed by atoms with Crippen LogP contribution in [0.3, 0.4) is 0 Å². The normalized spacial score (nSPS) is 11.0. The first-order valence-electron chi connectivity index (χ1n) is 12.0. The molecule has 2 aromatic carbocycles. The molecule has 3 aromatic heterocycles. The molecule has 0 aliphatic heterocycles. The smallest absolute Gasteiger partial charge is 0.244 e. The minimum atomic E-state index is -0.522. The number of rotatable bonds is 8. The topological polar surface area (TPSA) is 108 Å². The van der Waals surface area contributed by atoms with Gasteiger partial charge >= 0.3 is 0 Å². The number of hydrogen-bond acceptors (Lipinski definition) is 8. The second-order valence-corrected chi connectivity index (χ2v) is 8.37.